The molecule has 2 bridgehead atoms. The first-order valence-corrected chi connectivity index (χ1v) is 10.6. The van der Waals surface area contributed by atoms with Crippen LogP contribution in [-0.2, 0) is 16.6 Å². The Hall–Kier alpha value is -2.79. The van der Waals surface area contributed by atoms with Gasteiger partial charge in [0.05, 0.1) is 12.7 Å². The zero-order chi connectivity index (χ0) is 20.5. The number of carbonyl (C=O) groups is 1. The predicted octanol–water partition coefficient (Wildman–Crippen LogP) is 3.37. The molecular formula is C25H25NO4. The van der Waals surface area contributed by atoms with Gasteiger partial charge in [0.15, 0.2) is 17.6 Å². The van der Waals surface area contributed by atoms with E-state index in [1.165, 1.54) is 11.1 Å². The lowest BCUT2D eigenvalue weighted by atomic mass is 9.53. The highest BCUT2D eigenvalue weighted by Crippen LogP contribution is 2.62. The van der Waals surface area contributed by atoms with E-state index in [1.807, 2.05) is 30.3 Å². The van der Waals surface area contributed by atoms with E-state index in [0.717, 1.165) is 30.9 Å². The molecule has 1 fully saturated rings. The third-order valence-corrected chi connectivity index (χ3v) is 7.59. The van der Waals surface area contributed by atoms with Crippen LogP contribution in [0.5, 0.6) is 11.5 Å². The number of piperidine rings is 1. The summed E-state index contributed by atoms with van der Waals surface area (Å²) in [7, 11) is 3.90. The number of esters is 1. The number of rotatable bonds is 3. The number of ether oxygens (including phenoxy) is 3. The summed E-state index contributed by atoms with van der Waals surface area (Å²) in [6.45, 7) is 1.00. The van der Waals surface area contributed by atoms with Crippen LogP contribution in [0.25, 0.3) is 0 Å². The van der Waals surface area contributed by atoms with Gasteiger partial charge in [-0.25, -0.2) is 4.79 Å². The van der Waals surface area contributed by atoms with E-state index in [2.05, 4.69) is 24.1 Å². The molecule has 5 atom stereocenters. The lowest BCUT2D eigenvalue weighted by Crippen LogP contribution is -2.65. The number of hydrogen-bond donors (Lipinski definition) is 0. The van der Waals surface area contributed by atoms with Crippen molar-refractivity contribution in [1.82, 2.24) is 4.90 Å². The first-order chi connectivity index (χ1) is 14.6. The summed E-state index contributed by atoms with van der Waals surface area (Å²) in [6, 6.07) is 13.8. The van der Waals surface area contributed by atoms with Crippen LogP contribution in [-0.4, -0.2) is 49.8 Å². The maximum atomic E-state index is 12.8. The largest absolute Gasteiger partial charge is 0.493 e. The number of carbonyl (C=O) groups excluding carboxylic acids is 1. The SMILES string of the molecule is COc1ccc2c3c1O[C@H]1[C@H](OC(=O)c4ccccc4)C=C[C@H]4[C@@H](C2)N(C)CC[C@@]341. The summed E-state index contributed by atoms with van der Waals surface area (Å²) in [5, 5.41) is 0. The highest BCUT2D eigenvalue weighted by atomic mass is 16.6. The van der Waals surface area contributed by atoms with Crippen molar-refractivity contribution in [3.8, 4) is 11.5 Å². The Balaban J connectivity index is 1.46. The molecule has 1 saturated heterocycles. The van der Waals surface area contributed by atoms with Crippen LogP contribution in [0.2, 0.25) is 0 Å². The van der Waals surface area contributed by atoms with E-state index in [9.17, 15) is 4.79 Å². The third kappa shape index (κ3) is 2.24. The van der Waals surface area contributed by atoms with Gasteiger partial charge in [0.2, 0.25) is 0 Å². The van der Waals surface area contributed by atoms with E-state index in [0.29, 0.717) is 17.5 Å². The van der Waals surface area contributed by atoms with Crippen LogP contribution in [0.15, 0.2) is 54.6 Å². The Labute approximate surface area is 176 Å². The predicted molar refractivity (Wildman–Crippen MR) is 112 cm³/mol. The molecule has 6 rings (SSSR count). The Morgan fingerprint density at radius 3 is 2.80 bits per heavy atom. The number of hydrogen-bond acceptors (Lipinski definition) is 5. The van der Waals surface area contributed by atoms with Crippen molar-refractivity contribution < 1.29 is 19.0 Å². The Kier molecular flexibility index (Phi) is 3.81. The van der Waals surface area contributed by atoms with Crippen molar-refractivity contribution in [1.29, 1.82) is 0 Å². The van der Waals surface area contributed by atoms with Crippen molar-refractivity contribution in [3.63, 3.8) is 0 Å². The first kappa shape index (κ1) is 18.0. The van der Waals surface area contributed by atoms with Gasteiger partial charge in [0.1, 0.15) is 6.10 Å². The van der Waals surface area contributed by atoms with E-state index < -0.39 is 6.10 Å². The zero-order valence-corrected chi connectivity index (χ0v) is 17.2. The van der Waals surface area contributed by atoms with Crippen molar-refractivity contribution in [2.45, 2.75) is 36.5 Å². The number of methoxy groups -OCH3 is 1. The number of likely N-dealkylation sites (N-methyl/N-ethyl adjacent to an activating group) is 1. The fourth-order valence-electron chi connectivity index (χ4n) is 6.24. The monoisotopic (exact) mass is 403 g/mol. The van der Waals surface area contributed by atoms with Gasteiger partial charge in [0.25, 0.3) is 0 Å². The van der Waals surface area contributed by atoms with Crippen molar-refractivity contribution in [3.05, 3.63) is 71.3 Å². The molecule has 0 amide bonds. The highest BCUT2D eigenvalue weighted by Gasteiger charge is 2.65. The topological polar surface area (TPSA) is 48.0 Å². The molecule has 2 aromatic rings. The molecule has 5 heteroatoms. The average Bonchev–Trinajstić information content (AvgIpc) is 3.13. The molecule has 2 aromatic carbocycles. The second-order valence-corrected chi connectivity index (χ2v) is 8.86. The molecule has 2 aliphatic carbocycles. The number of likely N-dealkylation sites (tertiary alicyclic amines) is 1. The second-order valence-electron chi connectivity index (χ2n) is 8.86. The summed E-state index contributed by atoms with van der Waals surface area (Å²) >= 11 is 0. The van der Waals surface area contributed by atoms with Crippen LogP contribution in [0.4, 0.5) is 0 Å². The van der Waals surface area contributed by atoms with Gasteiger partial charge in [0, 0.05) is 22.9 Å². The second kappa shape index (κ2) is 6.35. The van der Waals surface area contributed by atoms with Gasteiger partial charge >= 0.3 is 5.97 Å². The summed E-state index contributed by atoms with van der Waals surface area (Å²) in [5.74, 6) is 1.64. The maximum absolute atomic E-state index is 12.8. The Morgan fingerprint density at radius 1 is 1.17 bits per heavy atom. The van der Waals surface area contributed by atoms with Crippen LogP contribution >= 0.6 is 0 Å². The molecule has 5 nitrogen and oxygen atoms in total. The first-order valence-electron chi connectivity index (χ1n) is 10.6. The minimum Gasteiger partial charge on any atom is -0.493 e. The molecule has 154 valence electrons. The molecule has 1 spiro atoms. The van der Waals surface area contributed by atoms with E-state index in [-0.39, 0.29) is 17.5 Å². The Morgan fingerprint density at radius 2 is 2.00 bits per heavy atom. The maximum Gasteiger partial charge on any atom is 0.338 e. The molecular weight excluding hydrogens is 378 g/mol. The Bertz CT molecular complexity index is 1050. The minimum absolute atomic E-state index is 0.176. The zero-order valence-electron chi connectivity index (χ0n) is 17.2. The van der Waals surface area contributed by atoms with E-state index in [1.54, 1.807) is 19.2 Å². The van der Waals surface area contributed by atoms with Crippen LogP contribution in [0, 0.1) is 5.92 Å². The summed E-state index contributed by atoms with van der Waals surface area (Å²) in [6.07, 6.45) is 5.64. The molecule has 30 heavy (non-hydrogen) atoms. The molecule has 0 saturated carbocycles. The normalized spacial score (nSPS) is 32.9. The lowest BCUT2D eigenvalue weighted by Gasteiger charge is -2.56. The summed E-state index contributed by atoms with van der Waals surface area (Å²) in [5.41, 5.74) is 3.01. The van der Waals surface area contributed by atoms with Gasteiger partial charge in [-0.15, -0.1) is 0 Å². The smallest absolute Gasteiger partial charge is 0.338 e. The lowest BCUT2D eigenvalue weighted by molar-refractivity contribution is -0.0555. The highest BCUT2D eigenvalue weighted by molar-refractivity contribution is 5.89. The molecule has 0 unspecified atom stereocenters. The van der Waals surface area contributed by atoms with Crippen LogP contribution < -0.4 is 9.47 Å². The van der Waals surface area contributed by atoms with Gasteiger partial charge in [-0.2, -0.15) is 0 Å². The molecule has 0 N–H and O–H groups in total. The van der Waals surface area contributed by atoms with Gasteiger partial charge in [-0.1, -0.05) is 30.3 Å². The number of benzene rings is 2. The van der Waals surface area contributed by atoms with Gasteiger partial charge in [-0.05, 0) is 56.3 Å². The van der Waals surface area contributed by atoms with Crippen LogP contribution in [0.1, 0.15) is 27.9 Å². The fourth-order valence-corrected chi connectivity index (χ4v) is 6.24. The van der Waals surface area contributed by atoms with Crippen molar-refractivity contribution in [2.24, 2.45) is 5.92 Å². The summed E-state index contributed by atoms with van der Waals surface area (Å²) < 4.78 is 18.3. The standard InChI is InChI=1S/C25H25NO4/c1-26-13-12-25-17-9-11-20(29-24(27)15-6-4-3-5-7-15)23(25)30-22-19(28-2)10-8-16(21(22)25)14-18(17)26/h3-11,17-18,20,23H,12-14H2,1-2H3/t17-,18+,20+,23-,25-/m0/s1. The molecule has 0 aromatic heterocycles. The molecule has 2 aliphatic heterocycles. The quantitative estimate of drug-likeness (QED) is 0.581. The fraction of sp³-hybridized carbons (Fsp3) is 0.400. The van der Waals surface area contributed by atoms with Gasteiger partial charge in [-0.3, -0.25) is 0 Å². The molecule has 2 heterocycles. The number of nitrogens with zero attached hydrogens (tertiary/aromatic N) is 1. The minimum atomic E-state index is -0.430. The van der Waals surface area contributed by atoms with Gasteiger partial charge < -0.3 is 19.1 Å². The molecule has 4 aliphatic rings. The average molecular weight is 403 g/mol. The summed E-state index contributed by atoms with van der Waals surface area (Å²) in [4.78, 5) is 15.3. The van der Waals surface area contributed by atoms with E-state index in [4.69, 9.17) is 14.2 Å². The third-order valence-electron chi connectivity index (χ3n) is 7.59. The van der Waals surface area contributed by atoms with Crippen molar-refractivity contribution >= 4 is 5.97 Å². The van der Waals surface area contributed by atoms with Crippen molar-refractivity contribution in [2.75, 3.05) is 20.7 Å². The van der Waals surface area contributed by atoms with E-state index >= 15 is 0 Å². The molecule has 0 radical (unpaired) electrons. The van der Waals surface area contributed by atoms with Crippen LogP contribution in [0.3, 0.4) is 0 Å².